The van der Waals surface area contributed by atoms with Gasteiger partial charge in [0.1, 0.15) is 0 Å². The predicted molar refractivity (Wildman–Crippen MR) is 78.4 cm³/mol. The van der Waals surface area contributed by atoms with Crippen molar-refractivity contribution in [2.75, 3.05) is 13.1 Å². The van der Waals surface area contributed by atoms with Gasteiger partial charge in [0, 0.05) is 18.2 Å². The number of hydrogen-bond donors (Lipinski definition) is 1. The molecule has 1 aromatic rings. The van der Waals surface area contributed by atoms with Crippen molar-refractivity contribution < 1.29 is 9.59 Å². The number of nitrogens with zero attached hydrogens (tertiary/aromatic N) is 1. The second-order valence-corrected chi connectivity index (χ2v) is 5.19. The third-order valence-corrected chi connectivity index (χ3v) is 3.85. The highest BCUT2D eigenvalue weighted by atomic mass is 16.2. The largest absolute Gasteiger partial charge is 0.343 e. The van der Waals surface area contributed by atoms with Gasteiger partial charge >= 0.3 is 0 Å². The normalized spacial score (nSPS) is 18.6. The SMILES string of the molecule is CCC1CCCCN1C(=O)CNC(=O)c1ccccc1. The number of hydrogen-bond acceptors (Lipinski definition) is 2. The van der Waals surface area contributed by atoms with E-state index in [0.717, 1.165) is 25.8 Å². The first-order chi connectivity index (χ1) is 9.72. The van der Waals surface area contributed by atoms with Gasteiger partial charge < -0.3 is 10.2 Å². The number of carbonyl (C=O) groups is 2. The summed E-state index contributed by atoms with van der Waals surface area (Å²) < 4.78 is 0. The standard InChI is InChI=1S/C16H22N2O2/c1-2-14-10-6-7-11-18(14)15(19)12-17-16(20)13-8-4-3-5-9-13/h3-5,8-9,14H,2,6-7,10-12H2,1H3,(H,17,20). The molecule has 2 rings (SSSR count). The van der Waals surface area contributed by atoms with Gasteiger partial charge in [-0.15, -0.1) is 0 Å². The number of likely N-dealkylation sites (tertiary alicyclic amines) is 1. The molecule has 20 heavy (non-hydrogen) atoms. The molecule has 1 aromatic carbocycles. The molecule has 1 heterocycles. The Morgan fingerprint density at radius 2 is 2.00 bits per heavy atom. The maximum Gasteiger partial charge on any atom is 0.251 e. The Morgan fingerprint density at radius 1 is 1.25 bits per heavy atom. The number of amides is 2. The highest BCUT2D eigenvalue weighted by molar-refractivity contribution is 5.96. The van der Waals surface area contributed by atoms with Crippen LogP contribution in [-0.4, -0.2) is 35.8 Å². The fraction of sp³-hybridized carbons (Fsp3) is 0.500. The van der Waals surface area contributed by atoms with Crippen LogP contribution in [0.1, 0.15) is 43.0 Å². The minimum Gasteiger partial charge on any atom is -0.343 e. The van der Waals surface area contributed by atoms with Gasteiger partial charge in [0.25, 0.3) is 5.91 Å². The highest BCUT2D eigenvalue weighted by Crippen LogP contribution is 2.19. The summed E-state index contributed by atoms with van der Waals surface area (Å²) in [6.45, 7) is 3.02. The van der Waals surface area contributed by atoms with E-state index in [1.54, 1.807) is 12.1 Å². The second-order valence-electron chi connectivity index (χ2n) is 5.19. The van der Waals surface area contributed by atoms with Crippen LogP contribution in [-0.2, 0) is 4.79 Å². The van der Waals surface area contributed by atoms with Gasteiger partial charge in [-0.05, 0) is 37.8 Å². The van der Waals surface area contributed by atoms with Crippen LogP contribution in [0.25, 0.3) is 0 Å². The molecule has 0 bridgehead atoms. The van der Waals surface area contributed by atoms with Crippen molar-refractivity contribution in [2.45, 2.75) is 38.6 Å². The Labute approximate surface area is 120 Å². The van der Waals surface area contributed by atoms with Crippen LogP contribution in [0.4, 0.5) is 0 Å². The molecule has 1 saturated heterocycles. The van der Waals surface area contributed by atoms with Gasteiger partial charge in [0.15, 0.2) is 0 Å². The van der Waals surface area contributed by atoms with Crippen molar-refractivity contribution in [3.8, 4) is 0 Å². The molecule has 108 valence electrons. The third kappa shape index (κ3) is 3.59. The zero-order valence-corrected chi connectivity index (χ0v) is 12.0. The van der Waals surface area contributed by atoms with Gasteiger partial charge in [-0.25, -0.2) is 0 Å². The molecule has 1 atom stereocenters. The first-order valence-corrected chi connectivity index (χ1v) is 7.35. The van der Waals surface area contributed by atoms with Gasteiger partial charge in [0.05, 0.1) is 6.54 Å². The molecular weight excluding hydrogens is 252 g/mol. The molecule has 4 heteroatoms. The molecule has 1 N–H and O–H groups in total. The summed E-state index contributed by atoms with van der Waals surface area (Å²) in [5.41, 5.74) is 0.589. The van der Waals surface area contributed by atoms with Gasteiger partial charge in [-0.1, -0.05) is 25.1 Å². The predicted octanol–water partition coefficient (Wildman–Crippen LogP) is 2.21. The minimum atomic E-state index is -0.191. The van der Waals surface area contributed by atoms with E-state index in [0.29, 0.717) is 11.6 Å². The summed E-state index contributed by atoms with van der Waals surface area (Å²) >= 11 is 0. The van der Waals surface area contributed by atoms with E-state index in [1.165, 1.54) is 6.42 Å². The van der Waals surface area contributed by atoms with Crippen LogP contribution in [0.3, 0.4) is 0 Å². The number of carbonyl (C=O) groups excluding carboxylic acids is 2. The Hall–Kier alpha value is -1.84. The Morgan fingerprint density at radius 3 is 2.70 bits per heavy atom. The van der Waals surface area contributed by atoms with Crippen molar-refractivity contribution in [3.63, 3.8) is 0 Å². The zero-order valence-electron chi connectivity index (χ0n) is 12.0. The van der Waals surface area contributed by atoms with Crippen LogP contribution in [0.15, 0.2) is 30.3 Å². The fourth-order valence-corrected chi connectivity index (χ4v) is 2.70. The highest BCUT2D eigenvalue weighted by Gasteiger charge is 2.25. The Kier molecular flexibility index (Phi) is 5.16. The monoisotopic (exact) mass is 274 g/mol. The average molecular weight is 274 g/mol. The zero-order chi connectivity index (χ0) is 14.4. The molecule has 2 amide bonds. The van der Waals surface area contributed by atoms with Crippen molar-refractivity contribution in [3.05, 3.63) is 35.9 Å². The summed E-state index contributed by atoms with van der Waals surface area (Å²) in [6.07, 6.45) is 4.32. The van der Waals surface area contributed by atoms with Crippen LogP contribution < -0.4 is 5.32 Å². The molecule has 1 fully saturated rings. The molecule has 1 unspecified atom stereocenters. The van der Waals surface area contributed by atoms with E-state index in [9.17, 15) is 9.59 Å². The molecule has 1 aliphatic rings. The number of rotatable bonds is 4. The summed E-state index contributed by atoms with van der Waals surface area (Å²) in [6, 6.07) is 9.32. The van der Waals surface area contributed by atoms with E-state index in [2.05, 4.69) is 12.2 Å². The van der Waals surface area contributed by atoms with Crippen molar-refractivity contribution >= 4 is 11.8 Å². The lowest BCUT2D eigenvalue weighted by atomic mass is 10.00. The fourth-order valence-electron chi connectivity index (χ4n) is 2.70. The first kappa shape index (κ1) is 14.6. The molecule has 0 saturated carbocycles. The second kappa shape index (κ2) is 7.08. The third-order valence-electron chi connectivity index (χ3n) is 3.85. The molecule has 0 spiro atoms. The average Bonchev–Trinajstić information content (AvgIpc) is 2.53. The number of benzene rings is 1. The van der Waals surface area contributed by atoms with Crippen LogP contribution >= 0.6 is 0 Å². The first-order valence-electron chi connectivity index (χ1n) is 7.35. The van der Waals surface area contributed by atoms with Crippen LogP contribution in [0.2, 0.25) is 0 Å². The maximum atomic E-state index is 12.2. The summed E-state index contributed by atoms with van der Waals surface area (Å²) in [5.74, 6) is -0.162. The lowest BCUT2D eigenvalue weighted by Gasteiger charge is -2.35. The molecule has 0 radical (unpaired) electrons. The van der Waals surface area contributed by atoms with Crippen LogP contribution in [0.5, 0.6) is 0 Å². The maximum absolute atomic E-state index is 12.2. The lowest BCUT2D eigenvalue weighted by Crippen LogP contribution is -2.47. The Bertz CT molecular complexity index is 459. The molecular formula is C16H22N2O2. The smallest absolute Gasteiger partial charge is 0.251 e. The summed E-state index contributed by atoms with van der Waals surface area (Å²) in [5, 5.41) is 2.71. The van der Waals surface area contributed by atoms with Gasteiger partial charge in [-0.3, -0.25) is 9.59 Å². The quantitative estimate of drug-likeness (QED) is 0.915. The lowest BCUT2D eigenvalue weighted by molar-refractivity contribution is -0.133. The van der Waals surface area contributed by atoms with E-state index in [1.807, 2.05) is 23.1 Å². The summed E-state index contributed by atoms with van der Waals surface area (Å²) in [4.78, 5) is 26.0. The van der Waals surface area contributed by atoms with Crippen molar-refractivity contribution in [1.82, 2.24) is 10.2 Å². The topological polar surface area (TPSA) is 49.4 Å². The molecule has 4 nitrogen and oxygen atoms in total. The van der Waals surface area contributed by atoms with E-state index in [-0.39, 0.29) is 18.4 Å². The molecule has 1 aliphatic heterocycles. The van der Waals surface area contributed by atoms with E-state index < -0.39 is 0 Å². The van der Waals surface area contributed by atoms with E-state index in [4.69, 9.17) is 0 Å². The minimum absolute atomic E-state index is 0.0285. The summed E-state index contributed by atoms with van der Waals surface area (Å²) in [7, 11) is 0. The molecule has 0 aliphatic carbocycles. The molecule has 0 aromatic heterocycles. The van der Waals surface area contributed by atoms with Crippen LogP contribution in [0, 0.1) is 0 Å². The van der Waals surface area contributed by atoms with Crippen molar-refractivity contribution in [2.24, 2.45) is 0 Å². The van der Waals surface area contributed by atoms with Gasteiger partial charge in [-0.2, -0.15) is 0 Å². The Balaban J connectivity index is 1.87. The number of piperidine rings is 1. The van der Waals surface area contributed by atoms with Gasteiger partial charge in [0.2, 0.25) is 5.91 Å². The van der Waals surface area contributed by atoms with Crippen molar-refractivity contribution in [1.29, 1.82) is 0 Å². The van der Waals surface area contributed by atoms with E-state index >= 15 is 0 Å². The number of nitrogens with one attached hydrogen (secondary N) is 1.